The van der Waals surface area contributed by atoms with E-state index in [9.17, 15) is 9.59 Å². The molecule has 0 aromatic heterocycles. The number of aryl methyl sites for hydroxylation is 2. The van der Waals surface area contributed by atoms with Crippen molar-refractivity contribution in [2.75, 3.05) is 31.2 Å². The molecular weight excluding hydrogens is 320 g/mol. The number of hydrogen-bond acceptors (Lipinski definition) is 5. The zero-order valence-corrected chi connectivity index (χ0v) is 14.8. The molecule has 134 valence electrons. The van der Waals surface area contributed by atoms with Crippen LogP contribution in [0.2, 0.25) is 0 Å². The highest BCUT2D eigenvalue weighted by molar-refractivity contribution is 6.22. The Morgan fingerprint density at radius 2 is 1.72 bits per heavy atom. The van der Waals surface area contributed by atoms with E-state index in [2.05, 4.69) is 4.90 Å². The smallest absolute Gasteiger partial charge is 0.251 e. The summed E-state index contributed by atoms with van der Waals surface area (Å²) in [5, 5.41) is 0. The molecule has 3 fully saturated rings. The van der Waals surface area contributed by atoms with Gasteiger partial charge >= 0.3 is 0 Å². The lowest BCUT2D eigenvalue weighted by atomic mass is 10.0. The van der Waals surface area contributed by atoms with Crippen molar-refractivity contribution in [1.82, 2.24) is 4.90 Å². The predicted molar refractivity (Wildman–Crippen MR) is 92.3 cm³/mol. The van der Waals surface area contributed by atoms with Crippen LogP contribution in [0.1, 0.15) is 30.4 Å². The summed E-state index contributed by atoms with van der Waals surface area (Å²) in [7, 11) is 0. The number of carbonyl (C=O) groups excluding carboxylic acids is 2. The van der Waals surface area contributed by atoms with Gasteiger partial charge in [0.2, 0.25) is 5.91 Å². The molecule has 1 atom stereocenters. The van der Waals surface area contributed by atoms with Crippen molar-refractivity contribution in [2.24, 2.45) is 0 Å². The van der Waals surface area contributed by atoms with Crippen LogP contribution in [0.3, 0.4) is 0 Å². The maximum atomic E-state index is 12.9. The molecule has 6 heteroatoms. The van der Waals surface area contributed by atoms with Crippen LogP contribution in [0.25, 0.3) is 0 Å². The molecule has 1 spiro atoms. The number of anilines is 1. The number of hydrogen-bond donors (Lipinski definition) is 0. The van der Waals surface area contributed by atoms with Crippen LogP contribution in [-0.2, 0) is 19.1 Å². The van der Waals surface area contributed by atoms with E-state index in [-0.39, 0.29) is 24.3 Å². The van der Waals surface area contributed by atoms with E-state index in [0.717, 1.165) is 24.0 Å². The van der Waals surface area contributed by atoms with Crippen molar-refractivity contribution in [3.8, 4) is 0 Å². The van der Waals surface area contributed by atoms with Gasteiger partial charge in [0.15, 0.2) is 5.79 Å². The first kappa shape index (κ1) is 16.7. The second-order valence-corrected chi connectivity index (χ2v) is 7.20. The maximum absolute atomic E-state index is 12.9. The average Bonchev–Trinajstić information content (AvgIpc) is 3.16. The molecule has 3 aliphatic rings. The van der Waals surface area contributed by atoms with Crippen LogP contribution >= 0.6 is 0 Å². The Balaban J connectivity index is 1.48. The molecule has 3 aliphatic heterocycles. The van der Waals surface area contributed by atoms with Gasteiger partial charge in [-0.1, -0.05) is 6.07 Å². The monoisotopic (exact) mass is 344 g/mol. The summed E-state index contributed by atoms with van der Waals surface area (Å²) >= 11 is 0. The van der Waals surface area contributed by atoms with Crippen molar-refractivity contribution in [3.05, 3.63) is 29.3 Å². The van der Waals surface area contributed by atoms with Gasteiger partial charge in [0.1, 0.15) is 0 Å². The van der Waals surface area contributed by atoms with E-state index in [1.807, 2.05) is 32.0 Å². The van der Waals surface area contributed by atoms with E-state index in [1.54, 1.807) is 0 Å². The lowest BCUT2D eigenvalue weighted by Crippen LogP contribution is -2.51. The first-order valence-corrected chi connectivity index (χ1v) is 8.95. The number of imide groups is 1. The molecule has 1 unspecified atom stereocenters. The molecule has 1 aromatic rings. The normalized spacial score (nSPS) is 26.8. The lowest BCUT2D eigenvalue weighted by Gasteiger charge is -2.39. The van der Waals surface area contributed by atoms with Gasteiger partial charge < -0.3 is 9.47 Å². The van der Waals surface area contributed by atoms with E-state index in [0.29, 0.717) is 32.0 Å². The standard InChI is InChI=1S/C19H24N2O4/c1-13-3-4-15(11-14(13)2)21-17(22)12-16(18(21)23)20-7-5-19(6-8-20)24-9-10-25-19/h3-4,11,16H,5-10,12H2,1-2H3. The summed E-state index contributed by atoms with van der Waals surface area (Å²) in [5.74, 6) is -0.694. The van der Waals surface area contributed by atoms with Gasteiger partial charge in [-0.25, -0.2) is 4.90 Å². The quantitative estimate of drug-likeness (QED) is 0.766. The molecule has 0 radical (unpaired) electrons. The molecule has 25 heavy (non-hydrogen) atoms. The van der Waals surface area contributed by atoms with Gasteiger partial charge in [0.25, 0.3) is 5.91 Å². The first-order valence-electron chi connectivity index (χ1n) is 8.95. The predicted octanol–water partition coefficient (Wildman–Crippen LogP) is 1.77. The molecule has 0 bridgehead atoms. The number of carbonyl (C=O) groups is 2. The van der Waals surface area contributed by atoms with Crippen LogP contribution in [0.5, 0.6) is 0 Å². The van der Waals surface area contributed by atoms with Crippen LogP contribution < -0.4 is 4.90 Å². The lowest BCUT2D eigenvalue weighted by molar-refractivity contribution is -0.188. The molecule has 3 heterocycles. The Morgan fingerprint density at radius 3 is 2.36 bits per heavy atom. The van der Waals surface area contributed by atoms with Crippen LogP contribution in [0.15, 0.2) is 18.2 Å². The van der Waals surface area contributed by atoms with Crippen molar-refractivity contribution in [3.63, 3.8) is 0 Å². The average molecular weight is 344 g/mol. The van der Waals surface area contributed by atoms with E-state index in [1.165, 1.54) is 4.90 Å². The fourth-order valence-electron chi connectivity index (χ4n) is 4.00. The highest BCUT2D eigenvalue weighted by Gasteiger charge is 2.47. The van der Waals surface area contributed by atoms with Gasteiger partial charge in [0.05, 0.1) is 31.4 Å². The molecule has 3 saturated heterocycles. The number of ether oxygens (including phenoxy) is 2. The number of likely N-dealkylation sites (tertiary alicyclic amines) is 1. The third-order valence-corrected chi connectivity index (χ3v) is 5.69. The van der Waals surface area contributed by atoms with Crippen molar-refractivity contribution in [1.29, 1.82) is 0 Å². The summed E-state index contributed by atoms with van der Waals surface area (Å²) < 4.78 is 11.5. The van der Waals surface area contributed by atoms with Crippen LogP contribution in [0.4, 0.5) is 5.69 Å². The van der Waals surface area contributed by atoms with Crippen molar-refractivity contribution >= 4 is 17.5 Å². The van der Waals surface area contributed by atoms with E-state index in [4.69, 9.17) is 9.47 Å². The molecule has 0 aliphatic carbocycles. The summed E-state index contributed by atoms with van der Waals surface area (Å²) in [6, 6.07) is 5.36. The number of benzene rings is 1. The number of piperidine rings is 1. The molecule has 1 aromatic carbocycles. The molecule has 6 nitrogen and oxygen atoms in total. The zero-order chi connectivity index (χ0) is 17.6. The fraction of sp³-hybridized carbons (Fsp3) is 0.579. The van der Waals surface area contributed by atoms with Crippen molar-refractivity contribution in [2.45, 2.75) is 44.9 Å². The minimum atomic E-state index is -0.462. The maximum Gasteiger partial charge on any atom is 0.251 e. The number of amides is 2. The Hall–Kier alpha value is -1.76. The van der Waals surface area contributed by atoms with Gasteiger partial charge in [-0.2, -0.15) is 0 Å². The summed E-state index contributed by atoms with van der Waals surface area (Å²) in [6.45, 7) is 6.72. The highest BCUT2D eigenvalue weighted by atomic mass is 16.7. The van der Waals surface area contributed by atoms with Gasteiger partial charge in [-0.05, 0) is 37.1 Å². The Morgan fingerprint density at radius 1 is 1.04 bits per heavy atom. The molecular formula is C19H24N2O4. The highest BCUT2D eigenvalue weighted by Crippen LogP contribution is 2.34. The zero-order valence-electron chi connectivity index (χ0n) is 14.8. The summed E-state index contributed by atoms with van der Waals surface area (Å²) in [5.41, 5.74) is 2.91. The molecule has 4 rings (SSSR count). The number of rotatable bonds is 2. The Kier molecular flexibility index (Phi) is 4.14. The van der Waals surface area contributed by atoms with E-state index >= 15 is 0 Å². The first-order chi connectivity index (χ1) is 12.0. The summed E-state index contributed by atoms with van der Waals surface area (Å²) in [4.78, 5) is 28.9. The molecule has 2 amide bonds. The van der Waals surface area contributed by atoms with Crippen LogP contribution in [-0.4, -0.2) is 54.8 Å². The topological polar surface area (TPSA) is 59.1 Å². The third kappa shape index (κ3) is 2.88. The SMILES string of the molecule is Cc1ccc(N2C(=O)CC(N3CCC4(CC3)OCCO4)C2=O)cc1C. The summed E-state index contributed by atoms with van der Waals surface area (Å²) in [6.07, 6.45) is 1.74. The van der Waals surface area contributed by atoms with Gasteiger partial charge in [-0.3, -0.25) is 14.5 Å². The second kappa shape index (κ2) is 6.20. The van der Waals surface area contributed by atoms with Gasteiger partial charge in [0, 0.05) is 25.9 Å². The largest absolute Gasteiger partial charge is 0.347 e. The minimum absolute atomic E-state index is 0.113. The second-order valence-electron chi connectivity index (χ2n) is 7.20. The Bertz CT molecular complexity index is 701. The third-order valence-electron chi connectivity index (χ3n) is 5.69. The van der Waals surface area contributed by atoms with Gasteiger partial charge in [-0.15, -0.1) is 0 Å². The van der Waals surface area contributed by atoms with Crippen molar-refractivity contribution < 1.29 is 19.1 Å². The number of nitrogens with zero attached hydrogens (tertiary/aromatic N) is 2. The van der Waals surface area contributed by atoms with Crippen LogP contribution in [0, 0.1) is 13.8 Å². The minimum Gasteiger partial charge on any atom is -0.347 e. The fourth-order valence-corrected chi connectivity index (χ4v) is 4.00. The molecule has 0 N–H and O–H groups in total. The Labute approximate surface area is 147 Å². The molecule has 0 saturated carbocycles. The van der Waals surface area contributed by atoms with E-state index < -0.39 is 5.79 Å².